The van der Waals surface area contributed by atoms with Crippen LogP contribution in [-0.4, -0.2) is 0 Å². The second kappa shape index (κ2) is 10.8. The van der Waals surface area contributed by atoms with Gasteiger partial charge in [-0.15, -0.1) is 37.2 Å². The Morgan fingerprint density at radius 1 is 0.259 bits per heavy atom. The summed E-state index contributed by atoms with van der Waals surface area (Å²) in [5.41, 5.74) is 7.47. The molecule has 0 saturated carbocycles. The third-order valence-corrected chi connectivity index (χ3v) is 4.25. The topological polar surface area (TPSA) is 0 Å². The molecule has 3 heteroatoms. The van der Waals surface area contributed by atoms with Gasteiger partial charge in [0.1, 0.15) is 0 Å². The highest BCUT2D eigenvalue weighted by molar-refractivity contribution is 5.86. The predicted octanol–water partition coefficient (Wildman–Crippen LogP) is 7.95. The van der Waals surface area contributed by atoms with Gasteiger partial charge in [0, 0.05) is 0 Å². The summed E-state index contributed by atoms with van der Waals surface area (Å²) in [6, 6.07) is 38.5. The monoisotopic (exact) mass is 414 g/mol. The first-order chi connectivity index (χ1) is 11.9. The summed E-state index contributed by atoms with van der Waals surface area (Å²) in [7, 11) is 0. The number of halogens is 3. The zero-order valence-electron chi connectivity index (χ0n) is 14.6. The summed E-state index contributed by atoms with van der Waals surface area (Å²) >= 11 is 0. The molecule has 0 heterocycles. The van der Waals surface area contributed by atoms with E-state index in [2.05, 4.69) is 109 Å². The van der Waals surface area contributed by atoms with Crippen molar-refractivity contribution in [2.45, 2.75) is 0 Å². The van der Waals surface area contributed by atoms with Crippen LogP contribution in [0.1, 0.15) is 0 Å². The van der Waals surface area contributed by atoms with Crippen LogP contribution >= 0.6 is 37.2 Å². The van der Waals surface area contributed by atoms with E-state index in [-0.39, 0.29) is 37.2 Å². The maximum Gasteiger partial charge on any atom is -0.0172 e. The molecule has 0 aliphatic heterocycles. The molecule has 0 saturated heterocycles. The molecule has 0 nitrogen and oxygen atoms in total. The van der Waals surface area contributed by atoms with Crippen LogP contribution in [0.5, 0.6) is 0 Å². The summed E-state index contributed by atoms with van der Waals surface area (Å²) in [5, 5.41) is 0. The second-order valence-corrected chi connectivity index (χ2v) is 5.90. The Labute approximate surface area is 179 Å². The van der Waals surface area contributed by atoms with E-state index in [0.717, 1.165) is 0 Å². The first-order valence-electron chi connectivity index (χ1n) is 8.21. The molecule has 0 aromatic heterocycles. The highest BCUT2D eigenvalue weighted by Gasteiger charge is 2.06. The molecular formula is C24H21Cl3. The Hall–Kier alpha value is -2.25. The molecule has 0 atom stereocenters. The smallest absolute Gasteiger partial charge is 0.0172 e. The maximum absolute atomic E-state index is 2.27. The molecule has 0 radical (unpaired) electrons. The summed E-state index contributed by atoms with van der Waals surface area (Å²) in [5.74, 6) is 0. The zero-order valence-corrected chi connectivity index (χ0v) is 17.1. The van der Waals surface area contributed by atoms with Gasteiger partial charge in [0.2, 0.25) is 0 Å². The predicted molar refractivity (Wildman–Crippen MR) is 124 cm³/mol. The van der Waals surface area contributed by atoms with E-state index in [1.54, 1.807) is 0 Å². The molecule has 0 bridgehead atoms. The van der Waals surface area contributed by atoms with Crippen molar-refractivity contribution in [3.63, 3.8) is 0 Å². The summed E-state index contributed by atoms with van der Waals surface area (Å²) < 4.78 is 0. The molecule has 4 rings (SSSR count). The molecule has 4 aromatic rings. The summed E-state index contributed by atoms with van der Waals surface area (Å²) in [4.78, 5) is 0. The van der Waals surface area contributed by atoms with Crippen molar-refractivity contribution in [1.82, 2.24) is 0 Å². The lowest BCUT2D eigenvalue weighted by atomic mass is 9.93. The molecule has 0 aliphatic carbocycles. The Bertz CT molecular complexity index is 797. The minimum Gasteiger partial charge on any atom is -0.147 e. The normalized spacial score (nSPS) is 9.33. The van der Waals surface area contributed by atoms with Crippen LogP contribution in [0.15, 0.2) is 109 Å². The average molecular weight is 416 g/mol. The van der Waals surface area contributed by atoms with Crippen molar-refractivity contribution in [2.75, 3.05) is 0 Å². The van der Waals surface area contributed by atoms with Crippen molar-refractivity contribution >= 4 is 37.2 Å². The lowest BCUT2D eigenvalue weighted by molar-refractivity contribution is 1.56. The van der Waals surface area contributed by atoms with Gasteiger partial charge in [-0.05, 0) is 51.6 Å². The standard InChI is InChI=1S/C24H18.3ClH/c1-4-10-19(11-5-1)22-16-23(20-12-6-2-7-13-20)18-24(17-22)21-14-8-3-9-15-21;;;/h1-18H;3*1H. The molecule has 0 fully saturated rings. The zero-order chi connectivity index (χ0) is 16.2. The van der Waals surface area contributed by atoms with Crippen LogP contribution in [0.2, 0.25) is 0 Å². The average Bonchev–Trinajstić information content (AvgIpc) is 2.70. The fourth-order valence-corrected chi connectivity index (χ4v) is 3.02. The van der Waals surface area contributed by atoms with E-state index in [0.29, 0.717) is 0 Å². The van der Waals surface area contributed by atoms with Crippen LogP contribution in [0.25, 0.3) is 33.4 Å². The first-order valence-corrected chi connectivity index (χ1v) is 8.21. The van der Waals surface area contributed by atoms with Crippen molar-refractivity contribution in [2.24, 2.45) is 0 Å². The molecule has 138 valence electrons. The Morgan fingerprint density at radius 2 is 0.481 bits per heavy atom. The van der Waals surface area contributed by atoms with Gasteiger partial charge in [-0.1, -0.05) is 91.0 Å². The van der Waals surface area contributed by atoms with Gasteiger partial charge < -0.3 is 0 Å². The van der Waals surface area contributed by atoms with E-state index in [1.165, 1.54) is 33.4 Å². The summed E-state index contributed by atoms with van der Waals surface area (Å²) in [6.45, 7) is 0. The van der Waals surface area contributed by atoms with Gasteiger partial charge in [0.15, 0.2) is 0 Å². The highest BCUT2D eigenvalue weighted by Crippen LogP contribution is 2.32. The maximum atomic E-state index is 2.27. The minimum absolute atomic E-state index is 0. The van der Waals surface area contributed by atoms with E-state index < -0.39 is 0 Å². The Morgan fingerprint density at radius 3 is 0.704 bits per heavy atom. The Balaban J connectivity index is 0.00000121. The van der Waals surface area contributed by atoms with Crippen molar-refractivity contribution in [1.29, 1.82) is 0 Å². The van der Waals surface area contributed by atoms with Crippen LogP contribution < -0.4 is 0 Å². The molecule has 0 unspecified atom stereocenters. The molecule has 0 amide bonds. The van der Waals surface area contributed by atoms with Gasteiger partial charge in [-0.2, -0.15) is 0 Å². The van der Waals surface area contributed by atoms with E-state index in [4.69, 9.17) is 0 Å². The van der Waals surface area contributed by atoms with Gasteiger partial charge >= 0.3 is 0 Å². The fraction of sp³-hybridized carbons (Fsp3) is 0. The van der Waals surface area contributed by atoms with E-state index in [9.17, 15) is 0 Å². The first kappa shape index (κ1) is 22.8. The van der Waals surface area contributed by atoms with E-state index in [1.807, 2.05) is 0 Å². The third-order valence-electron chi connectivity index (χ3n) is 4.25. The van der Waals surface area contributed by atoms with Gasteiger partial charge in [-0.25, -0.2) is 0 Å². The number of hydrogen-bond acceptors (Lipinski definition) is 0. The molecular weight excluding hydrogens is 395 g/mol. The van der Waals surface area contributed by atoms with Crippen LogP contribution in [0.4, 0.5) is 0 Å². The molecule has 0 spiro atoms. The van der Waals surface area contributed by atoms with Crippen molar-refractivity contribution in [3.05, 3.63) is 109 Å². The lowest BCUT2D eigenvalue weighted by Crippen LogP contribution is -1.85. The van der Waals surface area contributed by atoms with Gasteiger partial charge in [0.05, 0.1) is 0 Å². The SMILES string of the molecule is Cl.Cl.Cl.c1ccc(-c2cc(-c3ccccc3)cc(-c3ccccc3)c2)cc1. The van der Waals surface area contributed by atoms with Gasteiger partial charge in [-0.3, -0.25) is 0 Å². The molecule has 27 heavy (non-hydrogen) atoms. The fourth-order valence-electron chi connectivity index (χ4n) is 3.02. The van der Waals surface area contributed by atoms with Gasteiger partial charge in [0.25, 0.3) is 0 Å². The van der Waals surface area contributed by atoms with E-state index >= 15 is 0 Å². The molecule has 0 aliphatic rings. The van der Waals surface area contributed by atoms with Crippen LogP contribution in [0.3, 0.4) is 0 Å². The minimum atomic E-state index is 0. The number of benzene rings is 4. The van der Waals surface area contributed by atoms with Crippen LogP contribution in [-0.2, 0) is 0 Å². The van der Waals surface area contributed by atoms with Crippen LogP contribution in [0, 0.1) is 0 Å². The quantitative estimate of drug-likeness (QED) is 0.318. The number of hydrogen-bond donors (Lipinski definition) is 0. The van der Waals surface area contributed by atoms with Crippen molar-refractivity contribution in [3.8, 4) is 33.4 Å². The third kappa shape index (κ3) is 5.37. The number of rotatable bonds is 3. The Kier molecular flexibility index (Phi) is 9.11. The largest absolute Gasteiger partial charge is 0.147 e. The second-order valence-electron chi connectivity index (χ2n) is 5.90. The molecule has 4 aromatic carbocycles. The van der Waals surface area contributed by atoms with Crippen molar-refractivity contribution < 1.29 is 0 Å². The highest BCUT2D eigenvalue weighted by atomic mass is 35.5. The molecule has 0 N–H and O–H groups in total. The lowest BCUT2D eigenvalue weighted by Gasteiger charge is -2.11. The summed E-state index contributed by atoms with van der Waals surface area (Å²) in [6.07, 6.45) is 0.